The molecule has 1 aromatic rings. The molecule has 0 aliphatic rings. The molecule has 2 N–H and O–H groups in total. The molecule has 0 amide bonds. The number of ether oxygens (including phenoxy) is 1. The molecule has 0 aromatic heterocycles. The highest BCUT2D eigenvalue weighted by Crippen LogP contribution is 2.37. The van der Waals surface area contributed by atoms with E-state index in [4.69, 9.17) is 5.73 Å². The smallest absolute Gasteiger partial charge is 0.419 e. The molecule has 0 saturated heterocycles. The number of hydrogen-bond acceptors (Lipinski definition) is 3. The van der Waals surface area contributed by atoms with Gasteiger partial charge in [0, 0.05) is 6.04 Å². The van der Waals surface area contributed by atoms with Crippen molar-refractivity contribution in [3.05, 3.63) is 35.1 Å². The van der Waals surface area contributed by atoms with Crippen LogP contribution in [0, 0.1) is 11.2 Å². The van der Waals surface area contributed by atoms with Crippen molar-refractivity contribution >= 4 is 5.97 Å². The third-order valence-electron chi connectivity index (χ3n) is 3.14. The Kier molecular flexibility index (Phi) is 4.43. The van der Waals surface area contributed by atoms with Crippen molar-refractivity contribution in [1.29, 1.82) is 0 Å². The topological polar surface area (TPSA) is 52.3 Å². The lowest BCUT2D eigenvalue weighted by molar-refractivity contribution is -0.152. The van der Waals surface area contributed by atoms with E-state index in [2.05, 4.69) is 4.74 Å². The van der Waals surface area contributed by atoms with Gasteiger partial charge in [-0.3, -0.25) is 4.79 Å². The van der Waals surface area contributed by atoms with Gasteiger partial charge >= 0.3 is 12.1 Å². The molecule has 1 rings (SSSR count). The molecule has 0 aliphatic heterocycles. The number of carbonyl (C=O) groups is 1. The van der Waals surface area contributed by atoms with Gasteiger partial charge in [0.1, 0.15) is 5.82 Å². The van der Waals surface area contributed by atoms with E-state index >= 15 is 0 Å². The van der Waals surface area contributed by atoms with E-state index in [1.54, 1.807) is 0 Å². The number of hydrogen-bond donors (Lipinski definition) is 1. The zero-order valence-electron chi connectivity index (χ0n) is 11.2. The highest BCUT2D eigenvalue weighted by atomic mass is 19.4. The zero-order valence-corrected chi connectivity index (χ0v) is 11.2. The summed E-state index contributed by atoms with van der Waals surface area (Å²) in [6, 6.07) is 1.37. The Balaban J connectivity index is 3.25. The van der Waals surface area contributed by atoms with Crippen LogP contribution >= 0.6 is 0 Å². The number of halogens is 4. The number of benzene rings is 1. The fraction of sp³-hybridized carbons (Fsp3) is 0.462. The van der Waals surface area contributed by atoms with Crippen LogP contribution in [0.4, 0.5) is 17.6 Å². The van der Waals surface area contributed by atoms with Crippen LogP contribution in [0.5, 0.6) is 0 Å². The number of nitrogens with two attached hydrogens (primary N) is 1. The van der Waals surface area contributed by atoms with Crippen molar-refractivity contribution in [3.63, 3.8) is 0 Å². The van der Waals surface area contributed by atoms with E-state index in [0.717, 1.165) is 13.2 Å². The van der Waals surface area contributed by atoms with Gasteiger partial charge in [-0.15, -0.1) is 0 Å². The van der Waals surface area contributed by atoms with Gasteiger partial charge in [0.15, 0.2) is 0 Å². The number of esters is 1. The van der Waals surface area contributed by atoms with E-state index in [0.29, 0.717) is 12.1 Å². The molecule has 0 fully saturated rings. The molecule has 0 heterocycles. The summed E-state index contributed by atoms with van der Waals surface area (Å²) >= 11 is 0. The first-order valence-electron chi connectivity index (χ1n) is 5.72. The number of methoxy groups -OCH3 is 1. The molecule has 0 saturated carbocycles. The number of rotatable bonds is 3. The van der Waals surface area contributed by atoms with E-state index < -0.39 is 35.0 Å². The van der Waals surface area contributed by atoms with Crippen LogP contribution in [-0.4, -0.2) is 13.1 Å². The second-order valence-corrected chi connectivity index (χ2v) is 4.93. The summed E-state index contributed by atoms with van der Waals surface area (Å²) in [5.74, 6) is -2.05. The van der Waals surface area contributed by atoms with Crippen molar-refractivity contribution in [2.24, 2.45) is 11.1 Å². The SMILES string of the molecule is COC(=O)C(C)(C)[C@H](N)c1ccc(F)c(C(F)(F)F)c1. The lowest BCUT2D eigenvalue weighted by atomic mass is 9.80. The Labute approximate surface area is 113 Å². The summed E-state index contributed by atoms with van der Waals surface area (Å²) in [7, 11) is 1.16. The van der Waals surface area contributed by atoms with Crippen LogP contribution < -0.4 is 5.73 Å². The van der Waals surface area contributed by atoms with E-state index in [1.165, 1.54) is 13.8 Å². The van der Waals surface area contributed by atoms with Gasteiger partial charge in [0.25, 0.3) is 0 Å². The molecule has 1 atom stereocenters. The first kappa shape index (κ1) is 16.4. The average molecular weight is 293 g/mol. The molecule has 20 heavy (non-hydrogen) atoms. The van der Waals surface area contributed by atoms with E-state index in [-0.39, 0.29) is 5.56 Å². The third kappa shape index (κ3) is 3.09. The van der Waals surface area contributed by atoms with Crippen LogP contribution in [-0.2, 0) is 15.7 Å². The Morgan fingerprint density at radius 1 is 1.30 bits per heavy atom. The molecule has 0 aliphatic carbocycles. The molecule has 3 nitrogen and oxygen atoms in total. The molecular formula is C13H15F4NO2. The highest BCUT2D eigenvalue weighted by molar-refractivity contribution is 5.77. The minimum absolute atomic E-state index is 0.00845. The minimum Gasteiger partial charge on any atom is -0.469 e. The van der Waals surface area contributed by atoms with Crippen LogP contribution in [0.15, 0.2) is 18.2 Å². The lowest BCUT2D eigenvalue weighted by Gasteiger charge is -2.29. The average Bonchev–Trinajstić information content (AvgIpc) is 2.35. The fourth-order valence-electron chi connectivity index (χ4n) is 1.76. The van der Waals surface area contributed by atoms with Gasteiger partial charge in [-0.2, -0.15) is 13.2 Å². The third-order valence-corrected chi connectivity index (χ3v) is 3.14. The van der Waals surface area contributed by atoms with Crippen molar-refractivity contribution in [2.75, 3.05) is 7.11 Å². The zero-order chi connectivity index (χ0) is 15.7. The Bertz CT molecular complexity index is 512. The second kappa shape index (κ2) is 5.40. The van der Waals surface area contributed by atoms with Gasteiger partial charge in [0.05, 0.1) is 18.1 Å². The molecule has 1 aromatic carbocycles. The monoisotopic (exact) mass is 293 g/mol. The summed E-state index contributed by atoms with van der Waals surface area (Å²) in [5, 5.41) is 0. The maximum absolute atomic E-state index is 13.2. The van der Waals surface area contributed by atoms with Gasteiger partial charge in [-0.25, -0.2) is 4.39 Å². The summed E-state index contributed by atoms with van der Waals surface area (Å²) in [5.41, 5.74) is 3.18. The van der Waals surface area contributed by atoms with E-state index in [1.807, 2.05) is 0 Å². The maximum Gasteiger partial charge on any atom is 0.419 e. The predicted molar refractivity (Wildman–Crippen MR) is 64.1 cm³/mol. The van der Waals surface area contributed by atoms with Gasteiger partial charge in [-0.1, -0.05) is 6.07 Å². The van der Waals surface area contributed by atoms with Crippen LogP contribution in [0.25, 0.3) is 0 Å². The largest absolute Gasteiger partial charge is 0.469 e. The van der Waals surface area contributed by atoms with E-state index in [9.17, 15) is 22.4 Å². The standard InChI is InChI=1S/C13H15F4NO2/c1-12(2,11(19)20-3)10(18)7-4-5-9(14)8(6-7)13(15,16)17/h4-6,10H,18H2,1-3H3/t10-/m1/s1. The van der Waals surface area contributed by atoms with Gasteiger partial charge in [-0.05, 0) is 31.5 Å². The maximum atomic E-state index is 13.2. The molecular weight excluding hydrogens is 278 g/mol. The molecule has 0 radical (unpaired) electrons. The number of carbonyl (C=O) groups excluding carboxylic acids is 1. The van der Waals surface area contributed by atoms with Crippen LogP contribution in [0.2, 0.25) is 0 Å². The number of alkyl halides is 3. The first-order valence-corrected chi connectivity index (χ1v) is 5.72. The Morgan fingerprint density at radius 3 is 2.30 bits per heavy atom. The summed E-state index contributed by atoms with van der Waals surface area (Å²) in [6.45, 7) is 2.89. The normalized spacial score (nSPS) is 14.0. The predicted octanol–water partition coefficient (Wildman–Crippen LogP) is 3.04. The fourth-order valence-corrected chi connectivity index (χ4v) is 1.76. The van der Waals surface area contributed by atoms with Gasteiger partial charge < -0.3 is 10.5 Å². The van der Waals surface area contributed by atoms with Crippen molar-refractivity contribution in [3.8, 4) is 0 Å². The molecule has 0 unspecified atom stereocenters. The first-order chi connectivity index (χ1) is 9.01. The molecule has 0 bridgehead atoms. The molecule has 7 heteroatoms. The highest BCUT2D eigenvalue weighted by Gasteiger charge is 2.39. The van der Waals surface area contributed by atoms with Crippen molar-refractivity contribution < 1.29 is 27.1 Å². The Morgan fingerprint density at radius 2 is 1.85 bits per heavy atom. The summed E-state index contributed by atoms with van der Waals surface area (Å²) in [6.07, 6.45) is -4.82. The quantitative estimate of drug-likeness (QED) is 0.688. The molecule has 112 valence electrons. The van der Waals surface area contributed by atoms with Crippen LogP contribution in [0.3, 0.4) is 0 Å². The minimum atomic E-state index is -4.82. The van der Waals surface area contributed by atoms with Gasteiger partial charge in [0.2, 0.25) is 0 Å². The summed E-state index contributed by atoms with van der Waals surface area (Å²) < 4.78 is 55.7. The lowest BCUT2D eigenvalue weighted by Crippen LogP contribution is -2.37. The second-order valence-electron chi connectivity index (χ2n) is 4.93. The summed E-state index contributed by atoms with van der Waals surface area (Å²) in [4.78, 5) is 11.6. The van der Waals surface area contributed by atoms with Crippen molar-refractivity contribution in [2.45, 2.75) is 26.1 Å². The molecule has 0 spiro atoms. The van der Waals surface area contributed by atoms with Crippen molar-refractivity contribution in [1.82, 2.24) is 0 Å². The Hall–Kier alpha value is -1.63. The van der Waals surface area contributed by atoms with Crippen LogP contribution in [0.1, 0.15) is 31.0 Å².